The molecule has 7 heteroatoms. The van der Waals surface area contributed by atoms with Gasteiger partial charge in [0.1, 0.15) is 11.3 Å². The molecule has 18 heavy (non-hydrogen) atoms. The summed E-state index contributed by atoms with van der Waals surface area (Å²) in [4.78, 5) is 14.4. The number of carboxylic acids is 1. The third-order valence-electron chi connectivity index (χ3n) is 2.58. The number of carboxylic acid groups (broad SMARTS) is 1. The highest BCUT2D eigenvalue weighted by atomic mass is 19.4. The van der Waals surface area contributed by atoms with E-state index >= 15 is 0 Å². The van der Waals surface area contributed by atoms with Crippen molar-refractivity contribution in [1.29, 1.82) is 0 Å². The van der Waals surface area contributed by atoms with Gasteiger partial charge >= 0.3 is 6.18 Å². The van der Waals surface area contributed by atoms with Crippen LogP contribution in [-0.2, 0) is 12.6 Å². The van der Waals surface area contributed by atoms with E-state index in [2.05, 4.69) is 4.98 Å². The second-order valence-corrected chi connectivity index (χ2v) is 3.66. The van der Waals surface area contributed by atoms with Gasteiger partial charge in [0.2, 0.25) is 0 Å². The van der Waals surface area contributed by atoms with Crippen LogP contribution in [0.1, 0.15) is 28.7 Å². The molecular formula is C11H8F3N2O2-. The summed E-state index contributed by atoms with van der Waals surface area (Å²) >= 11 is 0. The van der Waals surface area contributed by atoms with Crippen LogP contribution in [-0.4, -0.2) is 15.4 Å². The van der Waals surface area contributed by atoms with Crippen LogP contribution in [0, 0.1) is 0 Å². The Bertz CT molecular complexity index is 617. The smallest absolute Gasteiger partial charge is 0.419 e. The fourth-order valence-corrected chi connectivity index (χ4v) is 1.84. The maximum Gasteiger partial charge on any atom is 0.419 e. The molecule has 0 radical (unpaired) electrons. The number of aryl methyl sites for hydroxylation is 1. The van der Waals surface area contributed by atoms with Crippen molar-refractivity contribution < 1.29 is 23.1 Å². The average molecular weight is 257 g/mol. The number of aromatic nitrogens is 2. The fraction of sp³-hybridized carbons (Fsp3) is 0.273. The minimum absolute atomic E-state index is 0.191. The number of carbonyl (C=O) groups excluding carboxylic acids is 1. The zero-order valence-corrected chi connectivity index (χ0v) is 9.28. The molecule has 0 aliphatic heterocycles. The molecule has 2 aromatic heterocycles. The number of hydrogen-bond acceptors (Lipinski definition) is 3. The van der Waals surface area contributed by atoms with E-state index in [1.807, 2.05) is 0 Å². The molecule has 2 rings (SSSR count). The Balaban J connectivity index is 2.84. The third-order valence-corrected chi connectivity index (χ3v) is 2.58. The SMILES string of the molecule is CCc1c(C(=O)[O-])nc2c(C(F)(F)F)cccn12. The number of nitrogens with zero attached hydrogens (tertiary/aromatic N) is 2. The summed E-state index contributed by atoms with van der Waals surface area (Å²) in [5, 5.41) is 10.8. The molecule has 96 valence electrons. The Labute approximate surface area is 99.7 Å². The molecule has 0 spiro atoms. The predicted octanol–water partition coefficient (Wildman–Crippen LogP) is 1.28. The van der Waals surface area contributed by atoms with E-state index in [0.717, 1.165) is 10.5 Å². The van der Waals surface area contributed by atoms with Crippen molar-refractivity contribution >= 4 is 11.6 Å². The van der Waals surface area contributed by atoms with Gasteiger partial charge in [-0.05, 0) is 18.6 Å². The van der Waals surface area contributed by atoms with E-state index in [1.54, 1.807) is 6.92 Å². The molecule has 0 saturated heterocycles. The Morgan fingerprint density at radius 1 is 1.50 bits per heavy atom. The van der Waals surface area contributed by atoms with Crippen LogP contribution in [0.15, 0.2) is 18.3 Å². The first-order valence-corrected chi connectivity index (χ1v) is 5.14. The first kappa shape index (κ1) is 12.4. The molecule has 2 heterocycles. The Morgan fingerprint density at radius 2 is 2.17 bits per heavy atom. The molecule has 0 N–H and O–H groups in total. The van der Waals surface area contributed by atoms with E-state index in [-0.39, 0.29) is 12.1 Å². The van der Waals surface area contributed by atoms with Crippen LogP contribution >= 0.6 is 0 Å². The van der Waals surface area contributed by atoms with Crippen LogP contribution < -0.4 is 5.11 Å². The molecule has 0 aromatic carbocycles. The molecule has 0 unspecified atom stereocenters. The monoisotopic (exact) mass is 257 g/mol. The predicted molar refractivity (Wildman–Crippen MR) is 53.9 cm³/mol. The lowest BCUT2D eigenvalue weighted by Gasteiger charge is -2.08. The van der Waals surface area contributed by atoms with Crippen molar-refractivity contribution in [2.24, 2.45) is 0 Å². The van der Waals surface area contributed by atoms with Crippen molar-refractivity contribution in [3.63, 3.8) is 0 Å². The number of pyridine rings is 1. The lowest BCUT2D eigenvalue weighted by atomic mass is 10.2. The van der Waals surface area contributed by atoms with E-state index in [1.165, 1.54) is 12.3 Å². The standard InChI is InChI=1S/C11H9F3N2O2/c1-2-7-8(10(17)18)15-9-6(11(12,13)14)4-3-5-16(7)9/h3-5H,2H2,1H3,(H,17,18)/p-1. The van der Waals surface area contributed by atoms with Gasteiger partial charge in [-0.25, -0.2) is 4.98 Å². The molecule has 0 amide bonds. The summed E-state index contributed by atoms with van der Waals surface area (Å²) in [6.07, 6.45) is -2.99. The summed E-state index contributed by atoms with van der Waals surface area (Å²) in [7, 11) is 0. The Morgan fingerprint density at radius 3 is 2.67 bits per heavy atom. The molecule has 0 atom stereocenters. The lowest BCUT2D eigenvalue weighted by molar-refractivity contribution is -0.255. The van der Waals surface area contributed by atoms with Crippen LogP contribution in [0.5, 0.6) is 0 Å². The maximum absolute atomic E-state index is 12.7. The number of alkyl halides is 3. The maximum atomic E-state index is 12.7. The highest BCUT2D eigenvalue weighted by molar-refractivity contribution is 5.86. The van der Waals surface area contributed by atoms with Gasteiger partial charge in [-0.2, -0.15) is 13.2 Å². The molecule has 0 saturated carbocycles. The van der Waals surface area contributed by atoms with E-state index in [4.69, 9.17) is 0 Å². The van der Waals surface area contributed by atoms with Gasteiger partial charge in [-0.3, -0.25) is 0 Å². The fourth-order valence-electron chi connectivity index (χ4n) is 1.84. The van der Waals surface area contributed by atoms with Crippen molar-refractivity contribution in [3.05, 3.63) is 35.3 Å². The zero-order chi connectivity index (χ0) is 13.5. The summed E-state index contributed by atoms with van der Waals surface area (Å²) < 4.78 is 39.4. The molecule has 2 aromatic rings. The van der Waals surface area contributed by atoms with Crippen molar-refractivity contribution in [2.75, 3.05) is 0 Å². The molecule has 0 aliphatic rings. The normalized spacial score (nSPS) is 12.0. The number of halogens is 3. The number of rotatable bonds is 2. The van der Waals surface area contributed by atoms with Gasteiger partial charge in [-0.15, -0.1) is 0 Å². The first-order chi connectivity index (χ1) is 8.36. The number of carbonyl (C=O) groups is 1. The molecular weight excluding hydrogens is 249 g/mol. The summed E-state index contributed by atoms with van der Waals surface area (Å²) in [6, 6.07) is 2.07. The topological polar surface area (TPSA) is 57.4 Å². The highest BCUT2D eigenvalue weighted by Gasteiger charge is 2.34. The highest BCUT2D eigenvalue weighted by Crippen LogP contribution is 2.32. The lowest BCUT2D eigenvalue weighted by Crippen LogP contribution is -2.24. The van der Waals surface area contributed by atoms with Crippen molar-refractivity contribution in [2.45, 2.75) is 19.5 Å². The van der Waals surface area contributed by atoms with E-state index in [0.29, 0.717) is 0 Å². The first-order valence-electron chi connectivity index (χ1n) is 5.14. The van der Waals surface area contributed by atoms with Gasteiger partial charge in [0.05, 0.1) is 17.2 Å². The molecule has 4 nitrogen and oxygen atoms in total. The third kappa shape index (κ3) is 1.81. The van der Waals surface area contributed by atoms with Crippen molar-refractivity contribution in [3.8, 4) is 0 Å². The molecule has 0 bridgehead atoms. The van der Waals surface area contributed by atoms with Crippen LogP contribution in [0.3, 0.4) is 0 Å². The largest absolute Gasteiger partial charge is 0.543 e. The second kappa shape index (κ2) is 4.01. The number of fused-ring (bicyclic) bond motifs is 1. The van der Waals surface area contributed by atoms with Crippen molar-refractivity contribution in [1.82, 2.24) is 9.38 Å². The van der Waals surface area contributed by atoms with Crippen LogP contribution in [0.25, 0.3) is 5.65 Å². The van der Waals surface area contributed by atoms with Gasteiger partial charge in [0, 0.05) is 6.20 Å². The van der Waals surface area contributed by atoms with Crippen LogP contribution in [0.4, 0.5) is 13.2 Å². The van der Waals surface area contributed by atoms with E-state index < -0.39 is 29.1 Å². The van der Waals surface area contributed by atoms with Crippen LogP contribution in [0.2, 0.25) is 0 Å². The van der Waals surface area contributed by atoms with Gasteiger partial charge in [0.15, 0.2) is 0 Å². The minimum Gasteiger partial charge on any atom is -0.543 e. The number of imidazole rings is 1. The zero-order valence-electron chi connectivity index (χ0n) is 9.28. The van der Waals surface area contributed by atoms with Gasteiger partial charge < -0.3 is 14.3 Å². The second-order valence-electron chi connectivity index (χ2n) is 3.66. The van der Waals surface area contributed by atoms with Gasteiger partial charge in [0.25, 0.3) is 0 Å². The number of hydrogen-bond donors (Lipinski definition) is 0. The molecule has 0 aliphatic carbocycles. The number of aromatic carboxylic acids is 1. The summed E-state index contributed by atoms with van der Waals surface area (Å²) in [5.74, 6) is -1.58. The summed E-state index contributed by atoms with van der Waals surface area (Å²) in [5.41, 5.74) is -1.64. The Kier molecular flexibility index (Phi) is 2.76. The van der Waals surface area contributed by atoms with Gasteiger partial charge in [-0.1, -0.05) is 6.92 Å². The quantitative estimate of drug-likeness (QED) is 0.814. The minimum atomic E-state index is -4.58. The summed E-state index contributed by atoms with van der Waals surface area (Å²) in [6.45, 7) is 1.64. The average Bonchev–Trinajstić information content (AvgIpc) is 2.65. The van der Waals surface area contributed by atoms with E-state index in [9.17, 15) is 23.1 Å². The molecule has 0 fully saturated rings. The Hall–Kier alpha value is -2.05.